The number of carbonyl (C=O) groups excluding carboxylic acids is 2. The summed E-state index contributed by atoms with van der Waals surface area (Å²) in [6, 6.07) is 8.01. The first-order valence-corrected chi connectivity index (χ1v) is 11.1. The molecule has 2 heterocycles. The fourth-order valence-electron chi connectivity index (χ4n) is 4.07. The van der Waals surface area contributed by atoms with E-state index in [2.05, 4.69) is 0 Å². The topological polar surface area (TPSA) is 109 Å². The van der Waals surface area contributed by atoms with Crippen LogP contribution in [0.15, 0.2) is 46.4 Å². The minimum absolute atomic E-state index is 0.00982. The van der Waals surface area contributed by atoms with Crippen LogP contribution in [0.25, 0.3) is 5.76 Å². The molecule has 0 saturated carbocycles. The Balaban J connectivity index is 2.03. The van der Waals surface area contributed by atoms with Crippen molar-refractivity contribution >= 4 is 46.3 Å². The first-order valence-electron chi connectivity index (χ1n) is 10.4. The van der Waals surface area contributed by atoms with Gasteiger partial charge in [0.05, 0.1) is 36.1 Å². The molecule has 182 valence electrons. The molecule has 1 aliphatic rings. The SMILES string of the molecule is COc1c(Cl)cc(/C(O)=C2\C(=O)C(=O)N(c3cc(C)ccc3O)C2c2ccc(C)o2)c(OC)c1Cl. The smallest absolute Gasteiger partial charge is 0.300 e. The lowest BCUT2D eigenvalue weighted by Crippen LogP contribution is -2.29. The number of aliphatic hydroxyl groups excluding tert-OH is 1. The van der Waals surface area contributed by atoms with E-state index in [4.69, 9.17) is 37.1 Å². The molecule has 3 aromatic rings. The van der Waals surface area contributed by atoms with Gasteiger partial charge in [-0.05, 0) is 49.7 Å². The van der Waals surface area contributed by atoms with E-state index in [1.807, 2.05) is 0 Å². The number of Topliss-reactive ketones (excluding diaryl/α,β-unsaturated/α-hetero) is 1. The number of carbonyl (C=O) groups is 2. The number of phenols is 1. The molecule has 1 aliphatic heterocycles. The number of aliphatic hydroxyl groups is 1. The highest BCUT2D eigenvalue weighted by molar-refractivity contribution is 6.52. The molecule has 1 atom stereocenters. The van der Waals surface area contributed by atoms with Gasteiger partial charge in [0.15, 0.2) is 11.5 Å². The molecule has 8 nitrogen and oxygen atoms in total. The van der Waals surface area contributed by atoms with Gasteiger partial charge < -0.3 is 24.1 Å². The van der Waals surface area contributed by atoms with Crippen LogP contribution in [0.1, 0.15) is 28.7 Å². The van der Waals surface area contributed by atoms with Crippen LogP contribution in [0.5, 0.6) is 17.2 Å². The number of amides is 1. The van der Waals surface area contributed by atoms with E-state index in [1.54, 1.807) is 38.1 Å². The number of hydrogen-bond acceptors (Lipinski definition) is 7. The van der Waals surface area contributed by atoms with Crippen LogP contribution in [0.4, 0.5) is 5.69 Å². The van der Waals surface area contributed by atoms with Crippen molar-refractivity contribution in [3.8, 4) is 17.2 Å². The number of halogens is 2. The van der Waals surface area contributed by atoms with Crippen LogP contribution in [0.2, 0.25) is 10.0 Å². The second-order valence-corrected chi connectivity index (χ2v) is 8.68. The molecule has 10 heteroatoms. The van der Waals surface area contributed by atoms with E-state index in [9.17, 15) is 19.8 Å². The number of rotatable bonds is 5. The van der Waals surface area contributed by atoms with Crippen LogP contribution in [-0.4, -0.2) is 36.1 Å². The molecule has 0 aliphatic carbocycles. The van der Waals surface area contributed by atoms with Crippen LogP contribution in [0, 0.1) is 13.8 Å². The maximum atomic E-state index is 13.3. The van der Waals surface area contributed by atoms with Crippen molar-refractivity contribution in [3.63, 3.8) is 0 Å². The molecule has 4 rings (SSSR count). The van der Waals surface area contributed by atoms with Gasteiger partial charge in [-0.2, -0.15) is 0 Å². The number of phenolic OH excluding ortho intramolecular Hbond substituents is 1. The van der Waals surface area contributed by atoms with Gasteiger partial charge in [0.25, 0.3) is 11.7 Å². The third kappa shape index (κ3) is 3.98. The fraction of sp³-hybridized carbons (Fsp3) is 0.200. The Morgan fingerprint density at radius 2 is 1.71 bits per heavy atom. The third-order valence-electron chi connectivity index (χ3n) is 5.66. The Labute approximate surface area is 210 Å². The van der Waals surface area contributed by atoms with Gasteiger partial charge in [-0.1, -0.05) is 29.3 Å². The van der Waals surface area contributed by atoms with E-state index in [0.717, 1.165) is 10.5 Å². The maximum absolute atomic E-state index is 13.3. The molecule has 1 unspecified atom stereocenters. The number of methoxy groups -OCH3 is 2. The van der Waals surface area contributed by atoms with Crippen molar-refractivity contribution in [2.24, 2.45) is 0 Å². The number of nitrogens with zero attached hydrogens (tertiary/aromatic N) is 1. The van der Waals surface area contributed by atoms with E-state index in [-0.39, 0.29) is 49.9 Å². The summed E-state index contributed by atoms with van der Waals surface area (Å²) in [6.07, 6.45) is 0. The van der Waals surface area contributed by atoms with Crippen molar-refractivity contribution in [2.45, 2.75) is 19.9 Å². The molecule has 1 saturated heterocycles. The van der Waals surface area contributed by atoms with Gasteiger partial charge in [0.1, 0.15) is 34.1 Å². The molecule has 2 N–H and O–H groups in total. The summed E-state index contributed by atoms with van der Waals surface area (Å²) in [5.74, 6) is -1.93. The predicted octanol–water partition coefficient (Wildman–Crippen LogP) is 5.55. The van der Waals surface area contributed by atoms with Crippen molar-refractivity contribution in [3.05, 3.63) is 74.7 Å². The zero-order valence-corrected chi connectivity index (χ0v) is 20.7. The Hall–Kier alpha value is -3.62. The second-order valence-electron chi connectivity index (χ2n) is 7.90. The zero-order valence-electron chi connectivity index (χ0n) is 19.2. The quantitative estimate of drug-likeness (QED) is 0.259. The largest absolute Gasteiger partial charge is 0.507 e. The lowest BCUT2D eigenvalue weighted by atomic mass is 9.98. The fourth-order valence-corrected chi connectivity index (χ4v) is 4.76. The summed E-state index contributed by atoms with van der Waals surface area (Å²) in [5, 5.41) is 22.0. The van der Waals surface area contributed by atoms with E-state index < -0.39 is 23.5 Å². The average molecular weight is 518 g/mol. The summed E-state index contributed by atoms with van der Waals surface area (Å²) in [7, 11) is 2.69. The highest BCUT2D eigenvalue weighted by Gasteiger charge is 2.49. The molecular formula is C25H21Cl2NO7. The lowest BCUT2D eigenvalue weighted by molar-refractivity contribution is -0.132. The van der Waals surface area contributed by atoms with E-state index >= 15 is 0 Å². The average Bonchev–Trinajstić information content (AvgIpc) is 3.35. The number of aromatic hydroxyl groups is 1. The number of ketones is 1. The minimum atomic E-state index is -1.19. The molecule has 1 amide bonds. The number of ether oxygens (including phenoxy) is 2. The van der Waals surface area contributed by atoms with Crippen LogP contribution < -0.4 is 14.4 Å². The molecular weight excluding hydrogens is 497 g/mol. The molecule has 1 fully saturated rings. The summed E-state index contributed by atoms with van der Waals surface area (Å²) in [5.41, 5.74) is 0.510. The third-order valence-corrected chi connectivity index (χ3v) is 6.28. The molecule has 0 radical (unpaired) electrons. The number of anilines is 1. The molecule has 0 bridgehead atoms. The van der Waals surface area contributed by atoms with Crippen molar-refractivity contribution in [1.82, 2.24) is 0 Å². The zero-order chi connectivity index (χ0) is 25.6. The van der Waals surface area contributed by atoms with Gasteiger partial charge in [-0.3, -0.25) is 14.5 Å². The normalized spacial score (nSPS) is 17.2. The van der Waals surface area contributed by atoms with Gasteiger partial charge in [-0.25, -0.2) is 0 Å². The van der Waals surface area contributed by atoms with Crippen LogP contribution in [0.3, 0.4) is 0 Å². The highest BCUT2D eigenvalue weighted by atomic mass is 35.5. The molecule has 2 aromatic carbocycles. The Bertz CT molecular complexity index is 1390. The first kappa shape index (κ1) is 24.5. The Morgan fingerprint density at radius 3 is 2.31 bits per heavy atom. The number of aryl methyl sites for hydroxylation is 2. The Morgan fingerprint density at radius 1 is 1.03 bits per heavy atom. The number of benzene rings is 2. The molecule has 1 aromatic heterocycles. The summed E-state index contributed by atoms with van der Waals surface area (Å²) in [4.78, 5) is 27.7. The second kappa shape index (κ2) is 9.20. The van der Waals surface area contributed by atoms with E-state index in [1.165, 1.54) is 26.4 Å². The maximum Gasteiger partial charge on any atom is 0.300 e. The van der Waals surface area contributed by atoms with Crippen molar-refractivity contribution in [1.29, 1.82) is 0 Å². The van der Waals surface area contributed by atoms with Gasteiger partial charge in [0.2, 0.25) is 0 Å². The van der Waals surface area contributed by atoms with E-state index in [0.29, 0.717) is 5.76 Å². The molecule has 35 heavy (non-hydrogen) atoms. The highest BCUT2D eigenvalue weighted by Crippen LogP contribution is 2.49. The Kier molecular flexibility index (Phi) is 6.44. The monoisotopic (exact) mass is 517 g/mol. The lowest BCUT2D eigenvalue weighted by Gasteiger charge is -2.24. The summed E-state index contributed by atoms with van der Waals surface area (Å²) < 4.78 is 16.3. The van der Waals surface area contributed by atoms with Crippen LogP contribution in [-0.2, 0) is 9.59 Å². The predicted molar refractivity (Wildman–Crippen MR) is 131 cm³/mol. The molecule has 0 spiro atoms. The summed E-state index contributed by atoms with van der Waals surface area (Å²) >= 11 is 12.7. The first-order chi connectivity index (χ1) is 16.6. The summed E-state index contributed by atoms with van der Waals surface area (Å²) in [6.45, 7) is 3.48. The van der Waals surface area contributed by atoms with Crippen molar-refractivity contribution < 1.29 is 33.7 Å². The number of hydrogen-bond donors (Lipinski definition) is 2. The van der Waals surface area contributed by atoms with Gasteiger partial charge in [0, 0.05) is 0 Å². The van der Waals surface area contributed by atoms with Gasteiger partial charge >= 0.3 is 0 Å². The van der Waals surface area contributed by atoms with Crippen molar-refractivity contribution in [2.75, 3.05) is 19.1 Å². The number of furan rings is 1. The van der Waals surface area contributed by atoms with Crippen LogP contribution >= 0.6 is 23.2 Å². The van der Waals surface area contributed by atoms with Gasteiger partial charge in [-0.15, -0.1) is 0 Å². The standard InChI is InChI=1S/C25H21Cl2NO7/c1-11-5-7-16(29)15(9-11)28-20(17-8-6-12(2)35-17)18(22(31)25(28)32)21(30)13-10-14(26)24(34-4)19(27)23(13)33-3/h5-10,20,29-30H,1-4H3/b21-18+. The minimum Gasteiger partial charge on any atom is -0.507 e.